The number of methoxy groups -OCH3 is 1. The van der Waals surface area contributed by atoms with Crippen molar-refractivity contribution in [1.82, 2.24) is 4.90 Å². The number of ether oxygens (including phenoxy) is 2. The minimum Gasteiger partial charge on any atom is -0.495 e. The van der Waals surface area contributed by atoms with E-state index in [0.717, 1.165) is 49.7 Å². The standard InChI is InChI=1S/C22H28N2O3S/c1-17-8-9-20(26-2)19(16-17)23-22(25)21(18-6-4-3-5-7-18)28-15-12-24-10-13-27-14-11-24/h3-9,16,21H,10-15H2,1-2H3,(H,23,25). The lowest BCUT2D eigenvalue weighted by Gasteiger charge is -2.27. The van der Waals surface area contributed by atoms with Crippen LogP contribution in [0.2, 0.25) is 0 Å². The second-order valence-electron chi connectivity index (χ2n) is 6.81. The van der Waals surface area contributed by atoms with Crippen molar-refractivity contribution >= 4 is 23.4 Å². The maximum absolute atomic E-state index is 13.2. The lowest BCUT2D eigenvalue weighted by atomic mass is 10.1. The molecule has 0 aromatic heterocycles. The number of benzene rings is 2. The third-order valence-electron chi connectivity index (χ3n) is 4.75. The normalized spacial score (nSPS) is 15.8. The first-order valence-electron chi connectivity index (χ1n) is 9.59. The molecule has 5 nitrogen and oxygen atoms in total. The van der Waals surface area contributed by atoms with Gasteiger partial charge >= 0.3 is 0 Å². The minimum absolute atomic E-state index is 0.0259. The molecular formula is C22H28N2O3S. The van der Waals surface area contributed by atoms with Gasteiger partial charge in [-0.3, -0.25) is 9.69 Å². The van der Waals surface area contributed by atoms with E-state index in [9.17, 15) is 4.79 Å². The van der Waals surface area contributed by atoms with Crippen LogP contribution in [0.25, 0.3) is 0 Å². The van der Waals surface area contributed by atoms with Crippen molar-refractivity contribution in [3.05, 3.63) is 59.7 Å². The average Bonchev–Trinajstić information content (AvgIpc) is 2.73. The number of carbonyl (C=O) groups is 1. The summed E-state index contributed by atoms with van der Waals surface area (Å²) in [6.07, 6.45) is 0. The maximum atomic E-state index is 13.2. The Morgan fingerprint density at radius 1 is 1.21 bits per heavy atom. The molecule has 1 fully saturated rings. The number of rotatable bonds is 8. The van der Waals surface area contributed by atoms with Gasteiger partial charge in [-0.25, -0.2) is 0 Å². The molecule has 0 radical (unpaired) electrons. The number of morpholine rings is 1. The Balaban J connectivity index is 1.69. The molecule has 0 bridgehead atoms. The van der Waals surface area contributed by atoms with Crippen LogP contribution in [-0.4, -0.2) is 56.5 Å². The van der Waals surface area contributed by atoms with Crippen LogP contribution in [0.5, 0.6) is 5.75 Å². The van der Waals surface area contributed by atoms with Crippen LogP contribution in [0.4, 0.5) is 5.69 Å². The summed E-state index contributed by atoms with van der Waals surface area (Å²) in [6, 6.07) is 15.8. The zero-order chi connectivity index (χ0) is 19.8. The monoisotopic (exact) mass is 400 g/mol. The fraction of sp³-hybridized carbons (Fsp3) is 0.409. The predicted molar refractivity (Wildman–Crippen MR) is 115 cm³/mol. The summed E-state index contributed by atoms with van der Waals surface area (Å²) in [5.74, 6) is 1.53. The molecule has 1 unspecified atom stereocenters. The van der Waals surface area contributed by atoms with E-state index >= 15 is 0 Å². The smallest absolute Gasteiger partial charge is 0.242 e. The molecular weight excluding hydrogens is 372 g/mol. The molecule has 1 aliphatic rings. The lowest BCUT2D eigenvalue weighted by Crippen LogP contribution is -2.37. The van der Waals surface area contributed by atoms with Crippen molar-refractivity contribution in [2.24, 2.45) is 0 Å². The van der Waals surface area contributed by atoms with Crippen LogP contribution in [-0.2, 0) is 9.53 Å². The highest BCUT2D eigenvalue weighted by Crippen LogP contribution is 2.32. The van der Waals surface area contributed by atoms with Gasteiger partial charge in [0.2, 0.25) is 5.91 Å². The molecule has 2 aromatic carbocycles. The summed E-state index contributed by atoms with van der Waals surface area (Å²) in [5.41, 5.74) is 2.80. The summed E-state index contributed by atoms with van der Waals surface area (Å²) >= 11 is 1.68. The van der Waals surface area contributed by atoms with Gasteiger partial charge < -0.3 is 14.8 Å². The van der Waals surface area contributed by atoms with Gasteiger partial charge in [-0.15, -0.1) is 11.8 Å². The van der Waals surface area contributed by atoms with Crippen molar-refractivity contribution in [3.8, 4) is 5.75 Å². The summed E-state index contributed by atoms with van der Waals surface area (Å²) in [7, 11) is 1.62. The number of hydrogen-bond acceptors (Lipinski definition) is 5. The third kappa shape index (κ3) is 5.74. The van der Waals surface area contributed by atoms with Gasteiger partial charge in [0.15, 0.2) is 0 Å². The SMILES string of the molecule is COc1ccc(C)cc1NC(=O)C(SCCN1CCOCC1)c1ccccc1. The number of hydrogen-bond donors (Lipinski definition) is 1. The van der Waals surface area contributed by atoms with Gasteiger partial charge in [-0.1, -0.05) is 36.4 Å². The van der Waals surface area contributed by atoms with E-state index in [1.165, 1.54) is 0 Å². The van der Waals surface area contributed by atoms with Crippen LogP contribution in [0.15, 0.2) is 48.5 Å². The first-order chi connectivity index (χ1) is 13.7. The van der Waals surface area contributed by atoms with Crippen molar-refractivity contribution in [2.45, 2.75) is 12.2 Å². The molecule has 1 aliphatic heterocycles. The molecule has 1 amide bonds. The van der Waals surface area contributed by atoms with E-state index in [1.807, 2.05) is 55.5 Å². The van der Waals surface area contributed by atoms with Gasteiger partial charge in [0.1, 0.15) is 11.0 Å². The van der Waals surface area contributed by atoms with Crippen LogP contribution < -0.4 is 10.1 Å². The Kier molecular flexibility index (Phi) is 7.77. The van der Waals surface area contributed by atoms with Gasteiger partial charge in [-0.05, 0) is 30.2 Å². The Hall–Kier alpha value is -2.02. The Morgan fingerprint density at radius 3 is 2.68 bits per heavy atom. The molecule has 0 aliphatic carbocycles. The maximum Gasteiger partial charge on any atom is 0.242 e. The average molecular weight is 401 g/mol. The van der Waals surface area contributed by atoms with Crippen LogP contribution in [0, 0.1) is 6.92 Å². The van der Waals surface area contributed by atoms with E-state index in [1.54, 1.807) is 18.9 Å². The van der Waals surface area contributed by atoms with Crippen molar-refractivity contribution < 1.29 is 14.3 Å². The van der Waals surface area contributed by atoms with Gasteiger partial charge in [0.25, 0.3) is 0 Å². The zero-order valence-electron chi connectivity index (χ0n) is 16.5. The van der Waals surface area contributed by atoms with Crippen molar-refractivity contribution in [2.75, 3.05) is 51.0 Å². The van der Waals surface area contributed by atoms with Gasteiger partial charge in [0.05, 0.1) is 26.0 Å². The van der Waals surface area contributed by atoms with Crippen LogP contribution in [0.1, 0.15) is 16.4 Å². The van der Waals surface area contributed by atoms with Crippen molar-refractivity contribution in [1.29, 1.82) is 0 Å². The number of amides is 1. The summed E-state index contributed by atoms with van der Waals surface area (Å²) in [5, 5.41) is 2.80. The Morgan fingerprint density at radius 2 is 1.96 bits per heavy atom. The first kappa shape index (κ1) is 20.7. The highest BCUT2D eigenvalue weighted by Gasteiger charge is 2.23. The van der Waals surface area contributed by atoms with Crippen molar-refractivity contribution in [3.63, 3.8) is 0 Å². The summed E-state index contributed by atoms with van der Waals surface area (Å²) < 4.78 is 10.8. The van der Waals surface area contributed by atoms with Gasteiger partial charge in [0, 0.05) is 25.4 Å². The molecule has 0 spiro atoms. The molecule has 0 saturated carbocycles. The molecule has 6 heteroatoms. The van der Waals surface area contributed by atoms with E-state index < -0.39 is 0 Å². The highest BCUT2D eigenvalue weighted by atomic mass is 32.2. The topological polar surface area (TPSA) is 50.8 Å². The molecule has 1 atom stereocenters. The van der Waals surface area contributed by atoms with E-state index in [-0.39, 0.29) is 11.2 Å². The number of nitrogens with zero attached hydrogens (tertiary/aromatic N) is 1. The van der Waals surface area contributed by atoms with E-state index in [0.29, 0.717) is 11.4 Å². The lowest BCUT2D eigenvalue weighted by molar-refractivity contribution is -0.115. The number of carbonyl (C=O) groups excluding carboxylic acids is 1. The molecule has 1 saturated heterocycles. The fourth-order valence-corrected chi connectivity index (χ4v) is 4.35. The quantitative estimate of drug-likeness (QED) is 0.731. The first-order valence-corrected chi connectivity index (χ1v) is 10.6. The van der Waals surface area contributed by atoms with Crippen LogP contribution in [0.3, 0.4) is 0 Å². The summed E-state index contributed by atoms with van der Waals surface area (Å²) in [4.78, 5) is 15.5. The number of anilines is 1. The Labute approximate surface area is 171 Å². The van der Waals surface area contributed by atoms with Crippen LogP contribution >= 0.6 is 11.8 Å². The van der Waals surface area contributed by atoms with E-state index in [2.05, 4.69) is 10.2 Å². The third-order valence-corrected chi connectivity index (χ3v) is 5.99. The number of nitrogens with one attached hydrogen (secondary N) is 1. The molecule has 28 heavy (non-hydrogen) atoms. The number of aryl methyl sites for hydroxylation is 1. The van der Waals surface area contributed by atoms with E-state index in [4.69, 9.17) is 9.47 Å². The molecule has 2 aromatic rings. The Bertz CT molecular complexity index is 764. The minimum atomic E-state index is -0.271. The second kappa shape index (κ2) is 10.5. The molecule has 1 N–H and O–H groups in total. The zero-order valence-corrected chi connectivity index (χ0v) is 17.3. The van der Waals surface area contributed by atoms with Gasteiger partial charge in [-0.2, -0.15) is 0 Å². The second-order valence-corrected chi connectivity index (χ2v) is 8.02. The molecule has 150 valence electrons. The predicted octanol–water partition coefficient (Wildman–Crippen LogP) is 3.75. The number of thioether (sulfide) groups is 1. The molecule has 1 heterocycles. The largest absolute Gasteiger partial charge is 0.495 e. The highest BCUT2D eigenvalue weighted by molar-refractivity contribution is 8.00. The molecule has 3 rings (SSSR count). The summed E-state index contributed by atoms with van der Waals surface area (Å²) in [6.45, 7) is 6.46. The fourth-order valence-electron chi connectivity index (χ4n) is 3.19.